The Labute approximate surface area is 56.8 Å². The SMILES string of the molecule is CCC.CCS(=O)(=O)O. The molecule has 4 heteroatoms. The van der Waals surface area contributed by atoms with Crippen molar-refractivity contribution in [3.63, 3.8) is 0 Å². The first-order chi connectivity index (χ1) is 3.97. The monoisotopic (exact) mass is 154 g/mol. The third-order valence-corrected chi connectivity index (χ3v) is 1.09. The van der Waals surface area contributed by atoms with Gasteiger partial charge < -0.3 is 0 Å². The maximum Gasteiger partial charge on any atom is 0.264 e. The molecule has 0 saturated carbocycles. The van der Waals surface area contributed by atoms with Crippen LogP contribution in [-0.4, -0.2) is 18.7 Å². The highest BCUT2D eigenvalue weighted by Crippen LogP contribution is 1.74. The summed E-state index contributed by atoms with van der Waals surface area (Å²) in [5.74, 6) is -0.201. The van der Waals surface area contributed by atoms with Crippen molar-refractivity contribution >= 4 is 10.1 Å². The highest BCUT2D eigenvalue weighted by atomic mass is 32.2. The van der Waals surface area contributed by atoms with Gasteiger partial charge in [0.25, 0.3) is 10.1 Å². The Kier molecular flexibility index (Phi) is 7.83. The minimum atomic E-state index is -3.66. The van der Waals surface area contributed by atoms with Gasteiger partial charge in [0.05, 0.1) is 5.75 Å². The Hall–Kier alpha value is -0.0900. The summed E-state index contributed by atoms with van der Waals surface area (Å²) in [6.07, 6.45) is 1.25. The minimum Gasteiger partial charge on any atom is -0.286 e. The van der Waals surface area contributed by atoms with Crippen LogP contribution in [-0.2, 0) is 10.1 Å². The fourth-order valence-corrected chi connectivity index (χ4v) is 0. The summed E-state index contributed by atoms with van der Waals surface area (Å²) in [6.45, 7) is 5.62. The molecule has 0 unspecified atom stereocenters. The molecule has 0 aliphatic rings. The first kappa shape index (κ1) is 11.7. The average Bonchev–Trinajstić information content (AvgIpc) is 1.67. The standard InChI is InChI=1S/C3H8.C2H6O3S/c1-3-2;1-2-6(3,4)5/h3H2,1-2H3;2H2,1H3,(H,3,4,5). The molecule has 0 aromatic heterocycles. The maximum atomic E-state index is 9.56. The zero-order valence-electron chi connectivity index (χ0n) is 6.09. The maximum absolute atomic E-state index is 9.56. The van der Waals surface area contributed by atoms with E-state index in [1.807, 2.05) is 0 Å². The highest BCUT2D eigenvalue weighted by Gasteiger charge is 1.93. The van der Waals surface area contributed by atoms with E-state index in [1.165, 1.54) is 13.3 Å². The quantitative estimate of drug-likeness (QED) is 0.579. The Morgan fingerprint density at radius 2 is 1.33 bits per heavy atom. The lowest BCUT2D eigenvalue weighted by atomic mass is 10.6. The molecule has 1 N–H and O–H groups in total. The molecule has 0 aliphatic carbocycles. The smallest absolute Gasteiger partial charge is 0.264 e. The fourth-order valence-electron chi connectivity index (χ4n) is 0. The normalized spacial score (nSPS) is 9.78. The van der Waals surface area contributed by atoms with Crippen molar-refractivity contribution in [2.45, 2.75) is 27.2 Å². The molecular formula is C5H14O3S. The van der Waals surface area contributed by atoms with Crippen molar-refractivity contribution in [1.82, 2.24) is 0 Å². The van der Waals surface area contributed by atoms with E-state index in [9.17, 15) is 8.42 Å². The van der Waals surface area contributed by atoms with E-state index >= 15 is 0 Å². The van der Waals surface area contributed by atoms with Gasteiger partial charge >= 0.3 is 0 Å². The van der Waals surface area contributed by atoms with E-state index in [4.69, 9.17) is 4.55 Å². The van der Waals surface area contributed by atoms with Gasteiger partial charge in [0, 0.05) is 0 Å². The van der Waals surface area contributed by atoms with Crippen molar-refractivity contribution in [1.29, 1.82) is 0 Å². The molecule has 0 rings (SSSR count). The molecule has 0 aromatic carbocycles. The Balaban J connectivity index is 0. The third kappa shape index (κ3) is 32.6. The van der Waals surface area contributed by atoms with Gasteiger partial charge in [-0.05, 0) is 6.92 Å². The molecule has 0 spiro atoms. The first-order valence-corrected chi connectivity index (χ1v) is 4.54. The second-order valence-electron chi connectivity index (χ2n) is 1.58. The molecule has 0 fully saturated rings. The zero-order chi connectivity index (χ0) is 7.91. The van der Waals surface area contributed by atoms with Crippen LogP contribution >= 0.6 is 0 Å². The first-order valence-electron chi connectivity index (χ1n) is 2.93. The van der Waals surface area contributed by atoms with Crippen LogP contribution < -0.4 is 0 Å². The number of hydrogen-bond donors (Lipinski definition) is 1. The summed E-state index contributed by atoms with van der Waals surface area (Å²) in [6, 6.07) is 0. The van der Waals surface area contributed by atoms with Crippen molar-refractivity contribution < 1.29 is 13.0 Å². The second-order valence-corrected chi connectivity index (χ2v) is 3.32. The van der Waals surface area contributed by atoms with Gasteiger partial charge in [-0.25, -0.2) is 0 Å². The van der Waals surface area contributed by atoms with E-state index in [0.717, 1.165) is 0 Å². The molecule has 0 bridgehead atoms. The van der Waals surface area contributed by atoms with Gasteiger partial charge in [-0.2, -0.15) is 8.42 Å². The summed E-state index contributed by atoms with van der Waals surface area (Å²) in [5, 5.41) is 0. The summed E-state index contributed by atoms with van der Waals surface area (Å²) in [4.78, 5) is 0. The summed E-state index contributed by atoms with van der Waals surface area (Å²) in [5.41, 5.74) is 0. The van der Waals surface area contributed by atoms with Crippen LogP contribution in [0.15, 0.2) is 0 Å². The molecular weight excluding hydrogens is 140 g/mol. The molecule has 0 aliphatic heterocycles. The predicted octanol–water partition coefficient (Wildman–Crippen LogP) is 1.31. The Morgan fingerprint density at radius 1 is 1.22 bits per heavy atom. The molecule has 58 valence electrons. The molecule has 3 nitrogen and oxygen atoms in total. The van der Waals surface area contributed by atoms with Crippen LogP contribution in [0.1, 0.15) is 27.2 Å². The van der Waals surface area contributed by atoms with E-state index in [1.54, 1.807) is 0 Å². The van der Waals surface area contributed by atoms with Crippen LogP contribution in [0.3, 0.4) is 0 Å². The molecule has 0 radical (unpaired) electrons. The third-order valence-electron chi connectivity index (χ3n) is 0.365. The van der Waals surface area contributed by atoms with Crippen molar-refractivity contribution in [2.24, 2.45) is 0 Å². The van der Waals surface area contributed by atoms with Gasteiger partial charge in [-0.3, -0.25) is 4.55 Å². The predicted molar refractivity (Wildman–Crippen MR) is 38.1 cm³/mol. The fraction of sp³-hybridized carbons (Fsp3) is 1.00. The molecule has 0 saturated heterocycles. The van der Waals surface area contributed by atoms with Gasteiger partial charge in [-0.1, -0.05) is 20.3 Å². The Bertz CT molecular complexity index is 125. The van der Waals surface area contributed by atoms with E-state index < -0.39 is 10.1 Å². The van der Waals surface area contributed by atoms with E-state index in [0.29, 0.717) is 0 Å². The Morgan fingerprint density at radius 3 is 1.33 bits per heavy atom. The second kappa shape index (κ2) is 6.04. The van der Waals surface area contributed by atoms with Gasteiger partial charge in [0.1, 0.15) is 0 Å². The van der Waals surface area contributed by atoms with Gasteiger partial charge in [0.2, 0.25) is 0 Å². The molecule has 0 amide bonds. The topological polar surface area (TPSA) is 54.4 Å². The number of rotatable bonds is 1. The lowest BCUT2D eigenvalue weighted by Crippen LogP contribution is -1.97. The van der Waals surface area contributed by atoms with Crippen LogP contribution in [0.25, 0.3) is 0 Å². The van der Waals surface area contributed by atoms with Crippen molar-refractivity contribution in [3.8, 4) is 0 Å². The number of hydrogen-bond acceptors (Lipinski definition) is 2. The van der Waals surface area contributed by atoms with Crippen molar-refractivity contribution in [2.75, 3.05) is 5.75 Å². The average molecular weight is 154 g/mol. The van der Waals surface area contributed by atoms with Crippen LogP contribution in [0.4, 0.5) is 0 Å². The van der Waals surface area contributed by atoms with Crippen LogP contribution in [0.2, 0.25) is 0 Å². The molecule has 0 heterocycles. The van der Waals surface area contributed by atoms with Crippen LogP contribution in [0.5, 0.6) is 0 Å². The zero-order valence-corrected chi connectivity index (χ0v) is 6.90. The molecule has 0 atom stereocenters. The van der Waals surface area contributed by atoms with Crippen LogP contribution in [0, 0.1) is 0 Å². The lowest BCUT2D eigenvalue weighted by Gasteiger charge is -1.79. The lowest BCUT2D eigenvalue weighted by molar-refractivity contribution is 0.484. The minimum absolute atomic E-state index is 0.201. The van der Waals surface area contributed by atoms with E-state index in [-0.39, 0.29) is 5.75 Å². The largest absolute Gasteiger partial charge is 0.286 e. The molecule has 0 aromatic rings. The molecule has 9 heavy (non-hydrogen) atoms. The summed E-state index contributed by atoms with van der Waals surface area (Å²) < 4.78 is 26.9. The highest BCUT2D eigenvalue weighted by molar-refractivity contribution is 7.85. The van der Waals surface area contributed by atoms with Gasteiger partial charge in [0.15, 0.2) is 0 Å². The van der Waals surface area contributed by atoms with Crippen molar-refractivity contribution in [3.05, 3.63) is 0 Å². The summed E-state index contributed by atoms with van der Waals surface area (Å²) in [7, 11) is -3.66. The van der Waals surface area contributed by atoms with Gasteiger partial charge in [-0.15, -0.1) is 0 Å². The summed E-state index contributed by atoms with van der Waals surface area (Å²) >= 11 is 0. The van der Waals surface area contributed by atoms with E-state index in [2.05, 4.69) is 13.8 Å².